The molecule has 1 aliphatic rings. The lowest BCUT2D eigenvalue weighted by Gasteiger charge is -2.24. The van der Waals surface area contributed by atoms with E-state index in [4.69, 9.17) is 22.1 Å². The highest BCUT2D eigenvalue weighted by Crippen LogP contribution is 2.40. The molecular weight excluding hydrogens is 250 g/mol. The van der Waals surface area contributed by atoms with Crippen molar-refractivity contribution in [2.24, 2.45) is 17.6 Å². The zero-order valence-corrected chi connectivity index (χ0v) is 11.9. The van der Waals surface area contributed by atoms with Gasteiger partial charge in [-0.1, -0.05) is 31.4 Å². The Hall–Kier alpha value is -0.580. The fourth-order valence-electron chi connectivity index (χ4n) is 2.97. The van der Waals surface area contributed by atoms with Gasteiger partial charge in [-0.05, 0) is 18.3 Å². The van der Waals surface area contributed by atoms with Crippen LogP contribution >= 0.6 is 11.6 Å². The average Bonchev–Trinajstić information content (AvgIpc) is 2.92. The second-order valence-electron chi connectivity index (χ2n) is 5.19. The molecule has 2 N–H and O–H groups in total. The van der Waals surface area contributed by atoms with E-state index >= 15 is 0 Å². The number of hydrogen-bond donors (Lipinski definition) is 1. The number of methoxy groups -OCH3 is 1. The monoisotopic (exact) mass is 271 g/mol. The molecule has 2 rings (SSSR count). The van der Waals surface area contributed by atoms with Gasteiger partial charge in [0.2, 0.25) is 0 Å². The van der Waals surface area contributed by atoms with Crippen LogP contribution < -0.4 is 5.73 Å². The van der Waals surface area contributed by atoms with Crippen molar-refractivity contribution in [2.75, 3.05) is 13.7 Å². The lowest BCUT2D eigenvalue weighted by Crippen LogP contribution is -2.27. The Labute approximate surface area is 113 Å². The maximum Gasteiger partial charge on any atom is 0.0834 e. The summed E-state index contributed by atoms with van der Waals surface area (Å²) >= 11 is 6.24. The third kappa shape index (κ3) is 2.71. The zero-order chi connectivity index (χ0) is 13.1. The molecule has 1 aromatic rings. The first-order valence-corrected chi connectivity index (χ1v) is 6.98. The number of aromatic nitrogens is 2. The number of ether oxygens (including phenoxy) is 1. The summed E-state index contributed by atoms with van der Waals surface area (Å²) < 4.78 is 6.98. The molecule has 1 heterocycles. The van der Waals surface area contributed by atoms with Gasteiger partial charge in [-0.2, -0.15) is 5.10 Å². The zero-order valence-electron chi connectivity index (χ0n) is 11.1. The molecule has 102 valence electrons. The third-order valence-electron chi connectivity index (χ3n) is 4.05. The average molecular weight is 272 g/mol. The SMILES string of the molecule is COCCn1ncc(Cl)c1C(N)C1CCCC1C. The van der Waals surface area contributed by atoms with Crippen LogP contribution in [0.15, 0.2) is 6.20 Å². The lowest BCUT2D eigenvalue weighted by molar-refractivity contribution is 0.180. The van der Waals surface area contributed by atoms with Crippen LogP contribution in [-0.4, -0.2) is 23.5 Å². The van der Waals surface area contributed by atoms with Crippen molar-refractivity contribution in [2.45, 2.75) is 38.8 Å². The summed E-state index contributed by atoms with van der Waals surface area (Å²) in [6.07, 6.45) is 5.41. The second kappa shape index (κ2) is 6.04. The molecule has 0 amide bonds. The Morgan fingerprint density at radius 3 is 3.00 bits per heavy atom. The van der Waals surface area contributed by atoms with Crippen molar-refractivity contribution in [3.63, 3.8) is 0 Å². The van der Waals surface area contributed by atoms with E-state index in [9.17, 15) is 0 Å². The highest BCUT2D eigenvalue weighted by atomic mass is 35.5. The van der Waals surface area contributed by atoms with Crippen molar-refractivity contribution < 1.29 is 4.74 Å². The van der Waals surface area contributed by atoms with E-state index in [0.29, 0.717) is 30.0 Å². The van der Waals surface area contributed by atoms with E-state index in [0.717, 1.165) is 5.69 Å². The minimum atomic E-state index is -0.0191. The summed E-state index contributed by atoms with van der Waals surface area (Å²) in [4.78, 5) is 0. The normalized spacial score (nSPS) is 25.6. The van der Waals surface area contributed by atoms with Gasteiger partial charge in [0.15, 0.2) is 0 Å². The van der Waals surface area contributed by atoms with Gasteiger partial charge in [0.1, 0.15) is 0 Å². The minimum absolute atomic E-state index is 0.0191. The van der Waals surface area contributed by atoms with Crippen LogP contribution in [-0.2, 0) is 11.3 Å². The van der Waals surface area contributed by atoms with Gasteiger partial charge < -0.3 is 10.5 Å². The van der Waals surface area contributed by atoms with Crippen LogP contribution in [0.3, 0.4) is 0 Å². The molecule has 5 heteroatoms. The number of halogens is 1. The molecule has 0 aromatic carbocycles. The molecule has 1 fully saturated rings. The molecular formula is C13H22ClN3O. The number of nitrogens with zero attached hydrogens (tertiary/aromatic N) is 2. The largest absolute Gasteiger partial charge is 0.383 e. The van der Waals surface area contributed by atoms with E-state index in [-0.39, 0.29) is 6.04 Å². The smallest absolute Gasteiger partial charge is 0.0834 e. The van der Waals surface area contributed by atoms with Crippen molar-refractivity contribution in [3.05, 3.63) is 16.9 Å². The summed E-state index contributed by atoms with van der Waals surface area (Å²) in [5.74, 6) is 1.18. The number of nitrogens with two attached hydrogens (primary N) is 1. The second-order valence-corrected chi connectivity index (χ2v) is 5.60. The first-order valence-electron chi connectivity index (χ1n) is 6.61. The molecule has 1 aliphatic carbocycles. The highest BCUT2D eigenvalue weighted by Gasteiger charge is 2.32. The predicted molar refractivity (Wildman–Crippen MR) is 72.5 cm³/mol. The lowest BCUT2D eigenvalue weighted by atomic mass is 9.89. The Balaban J connectivity index is 2.17. The summed E-state index contributed by atoms with van der Waals surface area (Å²) in [5.41, 5.74) is 7.39. The van der Waals surface area contributed by atoms with Crippen molar-refractivity contribution in [1.82, 2.24) is 9.78 Å². The van der Waals surface area contributed by atoms with Crippen molar-refractivity contribution in [1.29, 1.82) is 0 Å². The van der Waals surface area contributed by atoms with Gasteiger partial charge >= 0.3 is 0 Å². The van der Waals surface area contributed by atoms with Crippen LogP contribution in [0.5, 0.6) is 0 Å². The molecule has 0 aliphatic heterocycles. The summed E-state index contributed by atoms with van der Waals surface area (Å²) in [6.45, 7) is 3.60. The molecule has 1 aromatic heterocycles. The van der Waals surface area contributed by atoms with E-state index < -0.39 is 0 Å². The fraction of sp³-hybridized carbons (Fsp3) is 0.769. The molecule has 0 spiro atoms. The molecule has 0 bridgehead atoms. The van der Waals surface area contributed by atoms with Gasteiger partial charge in [0.25, 0.3) is 0 Å². The molecule has 0 radical (unpaired) electrons. The summed E-state index contributed by atoms with van der Waals surface area (Å²) in [7, 11) is 1.68. The Bertz CT molecular complexity index is 394. The Morgan fingerprint density at radius 2 is 2.39 bits per heavy atom. The first-order chi connectivity index (χ1) is 8.65. The highest BCUT2D eigenvalue weighted by molar-refractivity contribution is 6.31. The standard InChI is InChI=1S/C13H22ClN3O/c1-9-4-3-5-10(9)12(15)13-11(14)8-16-17(13)6-7-18-2/h8-10,12H,3-7,15H2,1-2H3. The first kappa shape index (κ1) is 13.8. The maximum absolute atomic E-state index is 6.42. The van der Waals surface area contributed by atoms with E-state index in [1.54, 1.807) is 13.3 Å². The van der Waals surface area contributed by atoms with E-state index in [1.807, 2.05) is 4.68 Å². The van der Waals surface area contributed by atoms with E-state index in [1.165, 1.54) is 19.3 Å². The Morgan fingerprint density at radius 1 is 1.61 bits per heavy atom. The van der Waals surface area contributed by atoms with Crippen LogP contribution in [0.25, 0.3) is 0 Å². The molecule has 1 saturated carbocycles. The van der Waals surface area contributed by atoms with Crippen LogP contribution in [0, 0.1) is 11.8 Å². The maximum atomic E-state index is 6.42. The quantitative estimate of drug-likeness (QED) is 0.896. The number of rotatable bonds is 5. The van der Waals surface area contributed by atoms with Crippen LogP contribution in [0.4, 0.5) is 0 Å². The summed E-state index contributed by atoms with van der Waals surface area (Å²) in [6, 6.07) is -0.0191. The molecule has 4 nitrogen and oxygen atoms in total. The van der Waals surface area contributed by atoms with Crippen molar-refractivity contribution in [3.8, 4) is 0 Å². The van der Waals surface area contributed by atoms with Crippen LogP contribution in [0.2, 0.25) is 5.02 Å². The Kier molecular flexibility index (Phi) is 4.65. The van der Waals surface area contributed by atoms with Gasteiger partial charge in [-0.3, -0.25) is 4.68 Å². The van der Waals surface area contributed by atoms with Gasteiger partial charge in [0, 0.05) is 7.11 Å². The molecule has 0 saturated heterocycles. The third-order valence-corrected chi connectivity index (χ3v) is 4.34. The fourth-order valence-corrected chi connectivity index (χ4v) is 3.24. The molecule has 18 heavy (non-hydrogen) atoms. The van der Waals surface area contributed by atoms with Gasteiger partial charge in [-0.15, -0.1) is 0 Å². The minimum Gasteiger partial charge on any atom is -0.383 e. The number of hydrogen-bond acceptors (Lipinski definition) is 3. The molecule has 3 atom stereocenters. The summed E-state index contributed by atoms with van der Waals surface area (Å²) in [5, 5.41) is 4.97. The van der Waals surface area contributed by atoms with E-state index in [2.05, 4.69) is 12.0 Å². The van der Waals surface area contributed by atoms with Crippen LogP contribution in [0.1, 0.15) is 37.9 Å². The molecule has 3 unspecified atom stereocenters. The van der Waals surface area contributed by atoms with Gasteiger partial charge in [-0.25, -0.2) is 0 Å². The topological polar surface area (TPSA) is 53.1 Å². The van der Waals surface area contributed by atoms with Crippen molar-refractivity contribution >= 4 is 11.6 Å². The predicted octanol–water partition coefficient (Wildman–Crippen LogP) is 2.62. The van der Waals surface area contributed by atoms with Gasteiger partial charge in [0.05, 0.1) is 36.1 Å².